The Morgan fingerprint density at radius 1 is 1.57 bits per heavy atom. The van der Waals surface area contributed by atoms with Crippen molar-refractivity contribution in [3.8, 4) is 0 Å². The molecule has 3 heteroatoms. The van der Waals surface area contributed by atoms with Gasteiger partial charge in [0.1, 0.15) is 0 Å². The van der Waals surface area contributed by atoms with Gasteiger partial charge in [-0.25, -0.2) is 0 Å². The molecule has 1 atom stereocenters. The predicted molar refractivity (Wildman–Crippen MR) is 55.8 cm³/mol. The molecule has 1 saturated carbocycles. The molecule has 82 valence electrons. The van der Waals surface area contributed by atoms with Gasteiger partial charge in [0.25, 0.3) is 0 Å². The largest absolute Gasteiger partial charge is 0.396 e. The van der Waals surface area contributed by atoms with Crippen molar-refractivity contribution in [3.63, 3.8) is 0 Å². The third kappa shape index (κ3) is 2.71. The number of carbonyl (C=O) groups is 1. The molecule has 14 heavy (non-hydrogen) atoms. The highest BCUT2D eigenvalue weighted by Crippen LogP contribution is 2.42. The second-order valence-electron chi connectivity index (χ2n) is 4.80. The molecule has 1 unspecified atom stereocenters. The van der Waals surface area contributed by atoms with Gasteiger partial charge in [-0.15, -0.1) is 0 Å². The monoisotopic (exact) mass is 199 g/mol. The maximum absolute atomic E-state index is 11.7. The second kappa shape index (κ2) is 4.78. The third-order valence-electron chi connectivity index (χ3n) is 3.21. The summed E-state index contributed by atoms with van der Waals surface area (Å²) in [7, 11) is 0. The minimum absolute atomic E-state index is 0.147. The van der Waals surface area contributed by atoms with Crippen molar-refractivity contribution in [1.82, 2.24) is 5.32 Å². The molecular weight excluding hydrogens is 178 g/mol. The molecule has 1 aliphatic rings. The second-order valence-corrected chi connectivity index (χ2v) is 4.80. The first-order valence-electron chi connectivity index (χ1n) is 5.46. The van der Waals surface area contributed by atoms with Crippen LogP contribution in [-0.2, 0) is 4.79 Å². The van der Waals surface area contributed by atoms with E-state index in [9.17, 15) is 4.79 Å². The first-order valence-corrected chi connectivity index (χ1v) is 5.46. The fraction of sp³-hybridized carbons (Fsp3) is 0.909. The van der Waals surface area contributed by atoms with E-state index in [0.717, 1.165) is 19.3 Å². The molecule has 0 aromatic heterocycles. The summed E-state index contributed by atoms with van der Waals surface area (Å²) in [5.41, 5.74) is 0.156. The summed E-state index contributed by atoms with van der Waals surface area (Å²) < 4.78 is 0. The van der Waals surface area contributed by atoms with Gasteiger partial charge in [0.15, 0.2) is 0 Å². The number of aliphatic hydroxyl groups is 1. The van der Waals surface area contributed by atoms with Crippen molar-refractivity contribution in [1.29, 1.82) is 0 Å². The van der Waals surface area contributed by atoms with Crippen molar-refractivity contribution in [3.05, 3.63) is 0 Å². The topological polar surface area (TPSA) is 49.3 Å². The summed E-state index contributed by atoms with van der Waals surface area (Å²) in [6.45, 7) is 5.07. The van der Waals surface area contributed by atoms with Gasteiger partial charge in [0, 0.05) is 19.1 Å². The Labute approximate surface area is 85.9 Å². The highest BCUT2D eigenvalue weighted by Gasteiger charge is 2.38. The van der Waals surface area contributed by atoms with Crippen LogP contribution in [0.4, 0.5) is 0 Å². The molecule has 3 nitrogen and oxygen atoms in total. The molecule has 0 aromatic rings. The van der Waals surface area contributed by atoms with Crippen LogP contribution in [0.25, 0.3) is 0 Å². The van der Waals surface area contributed by atoms with Gasteiger partial charge in [-0.2, -0.15) is 0 Å². The van der Waals surface area contributed by atoms with Gasteiger partial charge in [-0.3, -0.25) is 4.79 Å². The maximum atomic E-state index is 11.7. The number of amides is 1. The van der Waals surface area contributed by atoms with Gasteiger partial charge < -0.3 is 10.4 Å². The number of nitrogens with one attached hydrogen (secondary N) is 1. The maximum Gasteiger partial charge on any atom is 0.223 e. The fourth-order valence-corrected chi connectivity index (χ4v) is 2.23. The van der Waals surface area contributed by atoms with Gasteiger partial charge in [0.05, 0.1) is 0 Å². The zero-order valence-corrected chi connectivity index (χ0v) is 9.18. The lowest BCUT2D eigenvalue weighted by Crippen LogP contribution is -2.36. The first-order chi connectivity index (χ1) is 6.58. The quantitative estimate of drug-likeness (QED) is 0.671. The van der Waals surface area contributed by atoms with Gasteiger partial charge in [-0.1, -0.05) is 20.3 Å². The summed E-state index contributed by atoms with van der Waals surface area (Å²) in [6.07, 6.45) is 3.97. The smallest absolute Gasteiger partial charge is 0.223 e. The standard InChI is InChI=1S/C11H21NO2/c1-11(2)6-3-5-9(11)10(14)12-7-4-8-13/h9,13H,3-8H2,1-2H3,(H,12,14). The molecule has 1 rings (SSSR count). The van der Waals surface area contributed by atoms with Crippen LogP contribution in [-0.4, -0.2) is 24.2 Å². The molecule has 0 heterocycles. The van der Waals surface area contributed by atoms with Crippen molar-refractivity contribution < 1.29 is 9.90 Å². The number of hydrogen-bond donors (Lipinski definition) is 2. The zero-order valence-electron chi connectivity index (χ0n) is 9.18. The molecule has 2 N–H and O–H groups in total. The van der Waals surface area contributed by atoms with Crippen molar-refractivity contribution in [2.75, 3.05) is 13.2 Å². The van der Waals surface area contributed by atoms with Crippen molar-refractivity contribution in [2.45, 2.75) is 39.5 Å². The van der Waals surface area contributed by atoms with Crippen molar-refractivity contribution in [2.24, 2.45) is 11.3 Å². The number of hydrogen-bond acceptors (Lipinski definition) is 2. The lowest BCUT2D eigenvalue weighted by Gasteiger charge is -2.25. The molecule has 0 radical (unpaired) electrons. The van der Waals surface area contributed by atoms with Gasteiger partial charge in [0.2, 0.25) is 5.91 Å². The van der Waals surface area contributed by atoms with Crippen LogP contribution in [0.2, 0.25) is 0 Å². The molecule has 1 amide bonds. The third-order valence-corrected chi connectivity index (χ3v) is 3.21. The van der Waals surface area contributed by atoms with Crippen LogP contribution >= 0.6 is 0 Å². The zero-order chi connectivity index (χ0) is 10.6. The van der Waals surface area contributed by atoms with E-state index in [1.165, 1.54) is 0 Å². The van der Waals surface area contributed by atoms with Crippen LogP contribution < -0.4 is 5.32 Å². The van der Waals surface area contributed by atoms with Gasteiger partial charge >= 0.3 is 0 Å². The van der Waals surface area contributed by atoms with E-state index in [2.05, 4.69) is 19.2 Å². The molecule has 1 aliphatic carbocycles. The molecule has 0 saturated heterocycles. The number of rotatable bonds is 4. The van der Waals surface area contributed by atoms with Crippen LogP contribution in [0.1, 0.15) is 39.5 Å². The van der Waals surface area contributed by atoms with E-state index < -0.39 is 0 Å². The summed E-state index contributed by atoms with van der Waals surface area (Å²) in [5, 5.41) is 11.5. The van der Waals surface area contributed by atoms with Crippen LogP contribution in [0.3, 0.4) is 0 Å². The molecule has 0 aromatic carbocycles. The van der Waals surface area contributed by atoms with Crippen LogP contribution in [0.5, 0.6) is 0 Å². The molecule has 1 fully saturated rings. The minimum atomic E-state index is 0.147. The average Bonchev–Trinajstić information content (AvgIpc) is 2.45. The Kier molecular flexibility index (Phi) is 3.93. The molecular formula is C11H21NO2. The highest BCUT2D eigenvalue weighted by molar-refractivity contribution is 5.79. The Hall–Kier alpha value is -0.570. The molecule has 0 bridgehead atoms. The minimum Gasteiger partial charge on any atom is -0.396 e. The summed E-state index contributed by atoms with van der Waals surface area (Å²) in [6, 6.07) is 0. The Bertz CT molecular complexity index is 201. The highest BCUT2D eigenvalue weighted by atomic mass is 16.3. The normalized spacial score (nSPS) is 24.9. The lowest BCUT2D eigenvalue weighted by molar-refractivity contribution is -0.127. The fourth-order valence-electron chi connectivity index (χ4n) is 2.23. The molecule has 0 spiro atoms. The van der Waals surface area contributed by atoms with E-state index in [-0.39, 0.29) is 23.8 Å². The van der Waals surface area contributed by atoms with Crippen molar-refractivity contribution >= 4 is 5.91 Å². The van der Waals surface area contributed by atoms with E-state index in [1.54, 1.807) is 0 Å². The van der Waals surface area contributed by atoms with E-state index >= 15 is 0 Å². The SMILES string of the molecule is CC1(C)CCCC1C(=O)NCCCO. The van der Waals surface area contributed by atoms with E-state index in [1.807, 2.05) is 0 Å². The Balaban J connectivity index is 2.36. The predicted octanol–water partition coefficient (Wildman–Crippen LogP) is 1.31. The van der Waals surface area contributed by atoms with E-state index in [4.69, 9.17) is 5.11 Å². The average molecular weight is 199 g/mol. The van der Waals surface area contributed by atoms with E-state index in [0.29, 0.717) is 13.0 Å². The summed E-state index contributed by atoms with van der Waals surface area (Å²) in [5.74, 6) is 0.335. The summed E-state index contributed by atoms with van der Waals surface area (Å²) >= 11 is 0. The Morgan fingerprint density at radius 3 is 2.79 bits per heavy atom. The molecule has 0 aliphatic heterocycles. The lowest BCUT2D eigenvalue weighted by atomic mass is 9.81. The van der Waals surface area contributed by atoms with Crippen LogP contribution in [0, 0.1) is 11.3 Å². The number of carbonyl (C=O) groups excluding carboxylic acids is 1. The van der Waals surface area contributed by atoms with Gasteiger partial charge in [-0.05, 0) is 24.7 Å². The summed E-state index contributed by atoms with van der Waals surface area (Å²) in [4.78, 5) is 11.7. The van der Waals surface area contributed by atoms with Crippen LogP contribution in [0.15, 0.2) is 0 Å². The number of aliphatic hydroxyl groups excluding tert-OH is 1. The Morgan fingerprint density at radius 2 is 2.29 bits per heavy atom. The first kappa shape index (κ1) is 11.5.